The van der Waals surface area contributed by atoms with Gasteiger partial charge < -0.3 is 14.9 Å². The third kappa shape index (κ3) is 1.79. The fraction of sp³-hybridized carbons (Fsp3) is 0.400. The number of phenolic OH excluding ortho intramolecular Hbond substituents is 1. The second-order valence-corrected chi connectivity index (χ2v) is 3.53. The highest BCUT2D eigenvalue weighted by Crippen LogP contribution is 2.40. The molecule has 4 heteroatoms. The standard InChI is InChI=1S/C10H13ClO3/c1-5-4-7(14-3)10(13)9(11)8(5)6(2)12/h4,6,12-13H,1-3H3. The molecule has 14 heavy (non-hydrogen) atoms. The van der Waals surface area contributed by atoms with Crippen molar-refractivity contribution in [3.05, 3.63) is 22.2 Å². The van der Waals surface area contributed by atoms with Crippen molar-refractivity contribution in [3.8, 4) is 11.5 Å². The van der Waals surface area contributed by atoms with Crippen molar-refractivity contribution in [1.29, 1.82) is 0 Å². The molecule has 78 valence electrons. The summed E-state index contributed by atoms with van der Waals surface area (Å²) >= 11 is 5.89. The Morgan fingerprint density at radius 1 is 1.50 bits per heavy atom. The number of aryl methyl sites for hydroxylation is 1. The van der Waals surface area contributed by atoms with Gasteiger partial charge >= 0.3 is 0 Å². The maximum absolute atomic E-state index is 9.58. The molecule has 1 rings (SSSR count). The van der Waals surface area contributed by atoms with Crippen LogP contribution in [0.4, 0.5) is 0 Å². The van der Waals surface area contributed by atoms with Crippen LogP contribution in [-0.4, -0.2) is 17.3 Å². The van der Waals surface area contributed by atoms with Crippen LogP contribution in [0, 0.1) is 6.92 Å². The lowest BCUT2D eigenvalue weighted by Crippen LogP contribution is -1.98. The normalized spacial score (nSPS) is 12.6. The van der Waals surface area contributed by atoms with Crippen LogP contribution in [-0.2, 0) is 0 Å². The molecule has 0 radical (unpaired) electrons. The zero-order valence-electron chi connectivity index (χ0n) is 8.34. The van der Waals surface area contributed by atoms with Crippen LogP contribution in [0.1, 0.15) is 24.2 Å². The number of ether oxygens (including phenoxy) is 1. The molecule has 2 N–H and O–H groups in total. The fourth-order valence-electron chi connectivity index (χ4n) is 1.42. The molecule has 0 aromatic heterocycles. The zero-order chi connectivity index (χ0) is 10.9. The first-order chi connectivity index (χ1) is 6.49. The summed E-state index contributed by atoms with van der Waals surface area (Å²) in [5.74, 6) is 0.188. The van der Waals surface area contributed by atoms with Gasteiger partial charge in [-0.3, -0.25) is 0 Å². The number of phenols is 1. The molecule has 0 spiro atoms. The summed E-state index contributed by atoms with van der Waals surface area (Å²) in [6, 6.07) is 1.64. The van der Waals surface area contributed by atoms with Crippen LogP contribution in [0.3, 0.4) is 0 Å². The van der Waals surface area contributed by atoms with Gasteiger partial charge in [-0.1, -0.05) is 11.6 Å². The van der Waals surface area contributed by atoms with Gasteiger partial charge in [-0.2, -0.15) is 0 Å². The van der Waals surface area contributed by atoms with Crippen LogP contribution in [0.25, 0.3) is 0 Å². The third-order valence-electron chi connectivity index (χ3n) is 2.09. The first-order valence-corrected chi connectivity index (χ1v) is 4.60. The number of hydrogen-bond acceptors (Lipinski definition) is 3. The van der Waals surface area contributed by atoms with Crippen molar-refractivity contribution >= 4 is 11.6 Å². The van der Waals surface area contributed by atoms with Gasteiger partial charge in [0.15, 0.2) is 11.5 Å². The molecule has 0 amide bonds. The molecule has 0 bridgehead atoms. The first kappa shape index (κ1) is 11.1. The summed E-state index contributed by atoms with van der Waals surface area (Å²) < 4.78 is 4.93. The Hall–Kier alpha value is -0.930. The molecule has 0 saturated carbocycles. The highest BCUT2D eigenvalue weighted by Gasteiger charge is 2.17. The van der Waals surface area contributed by atoms with E-state index in [2.05, 4.69) is 0 Å². The number of aromatic hydroxyl groups is 1. The number of halogens is 1. The average Bonchev–Trinajstić information content (AvgIpc) is 2.10. The molecule has 0 aliphatic carbocycles. The summed E-state index contributed by atoms with van der Waals surface area (Å²) in [5.41, 5.74) is 1.32. The van der Waals surface area contributed by atoms with Crippen LogP contribution >= 0.6 is 11.6 Å². The lowest BCUT2D eigenvalue weighted by atomic mass is 10.0. The number of aliphatic hydroxyl groups excluding tert-OH is 1. The summed E-state index contributed by atoms with van der Waals surface area (Å²) in [4.78, 5) is 0. The Labute approximate surface area is 87.9 Å². The van der Waals surface area contributed by atoms with Crippen LogP contribution in [0.5, 0.6) is 11.5 Å². The van der Waals surface area contributed by atoms with Gasteiger partial charge in [-0.05, 0) is 25.5 Å². The molecule has 1 atom stereocenters. The molecule has 0 fully saturated rings. The number of hydrogen-bond donors (Lipinski definition) is 2. The maximum atomic E-state index is 9.58. The van der Waals surface area contributed by atoms with Gasteiger partial charge in [0.25, 0.3) is 0 Å². The topological polar surface area (TPSA) is 49.7 Å². The molecular formula is C10H13ClO3. The number of benzene rings is 1. The summed E-state index contributed by atoms with van der Waals surface area (Å²) in [6.45, 7) is 3.40. The minimum Gasteiger partial charge on any atom is -0.503 e. The van der Waals surface area contributed by atoms with Gasteiger partial charge in [-0.25, -0.2) is 0 Å². The second kappa shape index (κ2) is 4.07. The van der Waals surface area contributed by atoms with Crippen molar-refractivity contribution in [1.82, 2.24) is 0 Å². The van der Waals surface area contributed by atoms with E-state index in [1.807, 2.05) is 0 Å². The zero-order valence-corrected chi connectivity index (χ0v) is 9.09. The number of rotatable bonds is 2. The Kier molecular flexibility index (Phi) is 3.24. The molecule has 1 aromatic rings. The molecule has 3 nitrogen and oxygen atoms in total. The van der Waals surface area contributed by atoms with E-state index >= 15 is 0 Å². The molecule has 0 heterocycles. The van der Waals surface area contributed by atoms with E-state index in [0.29, 0.717) is 11.3 Å². The largest absolute Gasteiger partial charge is 0.503 e. The van der Waals surface area contributed by atoms with E-state index in [4.69, 9.17) is 16.3 Å². The van der Waals surface area contributed by atoms with Crippen LogP contribution in [0.15, 0.2) is 6.07 Å². The minimum atomic E-state index is -0.709. The molecular weight excluding hydrogens is 204 g/mol. The van der Waals surface area contributed by atoms with Crippen molar-refractivity contribution in [2.24, 2.45) is 0 Å². The minimum absolute atomic E-state index is 0.129. The molecule has 1 unspecified atom stereocenters. The van der Waals surface area contributed by atoms with Gasteiger partial charge in [-0.15, -0.1) is 0 Å². The van der Waals surface area contributed by atoms with E-state index in [9.17, 15) is 10.2 Å². The Bertz CT molecular complexity index is 348. The number of aliphatic hydroxyl groups is 1. The van der Waals surface area contributed by atoms with E-state index in [-0.39, 0.29) is 10.8 Å². The van der Waals surface area contributed by atoms with Gasteiger partial charge in [0.05, 0.1) is 18.2 Å². The lowest BCUT2D eigenvalue weighted by Gasteiger charge is -2.14. The third-order valence-corrected chi connectivity index (χ3v) is 2.47. The van der Waals surface area contributed by atoms with Gasteiger partial charge in [0.2, 0.25) is 0 Å². The Morgan fingerprint density at radius 2 is 2.07 bits per heavy atom. The molecule has 0 aliphatic rings. The van der Waals surface area contributed by atoms with Gasteiger partial charge in [0, 0.05) is 5.56 Å². The molecule has 0 aliphatic heterocycles. The highest BCUT2D eigenvalue weighted by atomic mass is 35.5. The van der Waals surface area contributed by atoms with Crippen LogP contribution in [0.2, 0.25) is 5.02 Å². The van der Waals surface area contributed by atoms with E-state index < -0.39 is 6.10 Å². The van der Waals surface area contributed by atoms with E-state index in [1.54, 1.807) is 19.9 Å². The molecule has 0 saturated heterocycles. The lowest BCUT2D eigenvalue weighted by molar-refractivity contribution is 0.198. The summed E-state index contributed by atoms with van der Waals surface area (Å²) in [7, 11) is 1.45. The summed E-state index contributed by atoms with van der Waals surface area (Å²) in [5, 5.41) is 19.2. The Balaban J connectivity index is 3.41. The monoisotopic (exact) mass is 216 g/mol. The van der Waals surface area contributed by atoms with Crippen molar-refractivity contribution < 1.29 is 14.9 Å². The SMILES string of the molecule is COc1cc(C)c(C(C)O)c(Cl)c1O. The van der Waals surface area contributed by atoms with Crippen molar-refractivity contribution in [2.75, 3.05) is 7.11 Å². The number of methoxy groups -OCH3 is 1. The fourth-order valence-corrected chi connectivity index (χ4v) is 1.82. The molecule has 1 aromatic carbocycles. The van der Waals surface area contributed by atoms with E-state index in [1.165, 1.54) is 7.11 Å². The van der Waals surface area contributed by atoms with Crippen molar-refractivity contribution in [2.45, 2.75) is 20.0 Å². The maximum Gasteiger partial charge on any atom is 0.177 e. The van der Waals surface area contributed by atoms with Crippen molar-refractivity contribution in [3.63, 3.8) is 0 Å². The van der Waals surface area contributed by atoms with Gasteiger partial charge in [0.1, 0.15) is 0 Å². The Morgan fingerprint density at radius 3 is 2.50 bits per heavy atom. The quantitative estimate of drug-likeness (QED) is 0.798. The predicted octanol–water partition coefficient (Wildman–Crippen LogP) is 2.42. The predicted molar refractivity (Wildman–Crippen MR) is 55.0 cm³/mol. The van der Waals surface area contributed by atoms with Crippen LogP contribution < -0.4 is 4.74 Å². The highest BCUT2D eigenvalue weighted by molar-refractivity contribution is 6.33. The second-order valence-electron chi connectivity index (χ2n) is 3.15. The summed E-state index contributed by atoms with van der Waals surface area (Å²) in [6.07, 6.45) is -0.709. The average molecular weight is 217 g/mol. The smallest absolute Gasteiger partial charge is 0.177 e. The van der Waals surface area contributed by atoms with E-state index in [0.717, 1.165) is 5.56 Å². The first-order valence-electron chi connectivity index (χ1n) is 4.23.